The Morgan fingerprint density at radius 2 is 1.86 bits per heavy atom. The van der Waals surface area contributed by atoms with Gasteiger partial charge in [0.25, 0.3) is 0 Å². The molecule has 1 unspecified atom stereocenters. The molecule has 0 aromatic heterocycles. The Kier molecular flexibility index (Phi) is 3.28. The van der Waals surface area contributed by atoms with Crippen molar-refractivity contribution in [2.24, 2.45) is 5.92 Å². The van der Waals surface area contributed by atoms with Crippen molar-refractivity contribution in [3.05, 3.63) is 59.7 Å². The van der Waals surface area contributed by atoms with Gasteiger partial charge in [-0.05, 0) is 30.4 Å². The highest BCUT2D eigenvalue weighted by atomic mass is 16.7. The number of ether oxygens (including phenoxy) is 2. The van der Waals surface area contributed by atoms with Crippen molar-refractivity contribution >= 4 is 0 Å². The maximum Gasteiger partial charge on any atom is 0.231 e. The van der Waals surface area contributed by atoms with E-state index in [1.54, 1.807) is 0 Å². The predicted molar refractivity (Wildman–Crippen MR) is 81.3 cm³/mol. The molecule has 0 spiro atoms. The molecule has 1 aliphatic carbocycles. The van der Waals surface area contributed by atoms with E-state index < -0.39 is 0 Å². The quantitative estimate of drug-likeness (QED) is 0.907. The van der Waals surface area contributed by atoms with Crippen LogP contribution in [0.5, 0.6) is 11.5 Å². The number of benzene rings is 2. The first kappa shape index (κ1) is 12.7. The lowest BCUT2D eigenvalue weighted by atomic mass is 10.0. The van der Waals surface area contributed by atoms with Crippen molar-refractivity contribution in [2.45, 2.75) is 25.4 Å². The summed E-state index contributed by atoms with van der Waals surface area (Å²) in [4.78, 5) is 0. The molecule has 0 bridgehead atoms. The molecule has 21 heavy (non-hydrogen) atoms. The number of hydrogen-bond acceptors (Lipinski definition) is 3. The second-order valence-electron chi connectivity index (χ2n) is 5.76. The highest BCUT2D eigenvalue weighted by Gasteiger charge is 2.32. The molecule has 1 atom stereocenters. The van der Waals surface area contributed by atoms with E-state index in [0.29, 0.717) is 12.8 Å². The smallest absolute Gasteiger partial charge is 0.231 e. The number of rotatable bonds is 5. The lowest BCUT2D eigenvalue weighted by Crippen LogP contribution is -2.22. The van der Waals surface area contributed by atoms with E-state index in [9.17, 15) is 0 Å². The third-order valence-corrected chi connectivity index (χ3v) is 4.24. The van der Waals surface area contributed by atoms with Gasteiger partial charge < -0.3 is 14.8 Å². The topological polar surface area (TPSA) is 30.5 Å². The van der Waals surface area contributed by atoms with Crippen molar-refractivity contribution in [1.29, 1.82) is 0 Å². The normalized spacial score (nSPS) is 17.7. The van der Waals surface area contributed by atoms with Crippen LogP contribution in [0.2, 0.25) is 0 Å². The fourth-order valence-electron chi connectivity index (χ4n) is 3.00. The fraction of sp³-hybridized carbons (Fsp3) is 0.333. The Bertz CT molecular complexity index is 622. The van der Waals surface area contributed by atoms with Gasteiger partial charge in [-0.15, -0.1) is 0 Å². The van der Waals surface area contributed by atoms with Crippen molar-refractivity contribution < 1.29 is 9.47 Å². The summed E-state index contributed by atoms with van der Waals surface area (Å²) in [6.45, 7) is 1.14. The molecular weight excluding hydrogens is 262 g/mol. The summed E-state index contributed by atoms with van der Waals surface area (Å²) in [6.07, 6.45) is 2.64. The molecule has 1 heterocycles. The third-order valence-electron chi connectivity index (χ3n) is 4.24. The molecule has 2 aromatic carbocycles. The molecule has 0 radical (unpaired) electrons. The van der Waals surface area contributed by atoms with E-state index in [-0.39, 0.29) is 0 Å². The first-order valence-corrected chi connectivity index (χ1v) is 7.57. The van der Waals surface area contributed by atoms with Gasteiger partial charge in [-0.1, -0.05) is 42.5 Å². The molecule has 1 N–H and O–H groups in total. The van der Waals surface area contributed by atoms with E-state index >= 15 is 0 Å². The third kappa shape index (κ3) is 2.61. The molecule has 1 fully saturated rings. The van der Waals surface area contributed by atoms with E-state index in [1.807, 2.05) is 12.1 Å². The van der Waals surface area contributed by atoms with Gasteiger partial charge in [0.1, 0.15) is 0 Å². The van der Waals surface area contributed by atoms with Gasteiger partial charge in [-0.3, -0.25) is 0 Å². The van der Waals surface area contributed by atoms with Gasteiger partial charge in [0.15, 0.2) is 11.5 Å². The molecule has 2 aliphatic rings. The molecular formula is C18H19NO2. The molecule has 2 aromatic rings. The summed E-state index contributed by atoms with van der Waals surface area (Å²) in [6, 6.07) is 17.3. The average molecular weight is 281 g/mol. The Labute approximate surface area is 124 Å². The Balaban J connectivity index is 1.51. The summed E-state index contributed by atoms with van der Waals surface area (Å²) in [7, 11) is 0. The molecule has 108 valence electrons. The van der Waals surface area contributed by atoms with Crippen LogP contribution in [0.25, 0.3) is 0 Å². The summed E-state index contributed by atoms with van der Waals surface area (Å²) >= 11 is 0. The number of fused-ring (bicyclic) bond motifs is 1. The first-order valence-electron chi connectivity index (χ1n) is 7.57. The van der Waals surface area contributed by atoms with Gasteiger partial charge >= 0.3 is 0 Å². The Morgan fingerprint density at radius 1 is 1.00 bits per heavy atom. The van der Waals surface area contributed by atoms with E-state index in [2.05, 4.69) is 41.7 Å². The summed E-state index contributed by atoms with van der Waals surface area (Å²) in [5.41, 5.74) is 2.55. The Morgan fingerprint density at radius 3 is 2.67 bits per heavy atom. The largest absolute Gasteiger partial charge is 0.454 e. The first-order chi connectivity index (χ1) is 10.4. The van der Waals surface area contributed by atoms with Crippen LogP contribution in [-0.4, -0.2) is 6.79 Å². The zero-order valence-electron chi connectivity index (χ0n) is 11.9. The SMILES string of the molecule is c1ccc(C(NCc2cccc3c2OCO3)C2CC2)cc1. The number of hydrogen-bond donors (Lipinski definition) is 1. The minimum absolute atomic E-state index is 0.330. The Hall–Kier alpha value is -2.00. The van der Waals surface area contributed by atoms with E-state index in [4.69, 9.17) is 9.47 Å². The van der Waals surface area contributed by atoms with Crippen LogP contribution in [0.3, 0.4) is 0 Å². The van der Waals surface area contributed by atoms with Gasteiger partial charge in [0, 0.05) is 18.2 Å². The van der Waals surface area contributed by atoms with Crippen LogP contribution in [0.1, 0.15) is 30.0 Å². The van der Waals surface area contributed by atoms with Crippen LogP contribution in [0, 0.1) is 5.92 Å². The summed E-state index contributed by atoms with van der Waals surface area (Å²) in [5.74, 6) is 2.52. The zero-order valence-corrected chi connectivity index (χ0v) is 11.9. The molecule has 1 saturated carbocycles. The lowest BCUT2D eigenvalue weighted by Gasteiger charge is -2.19. The average Bonchev–Trinajstić information content (AvgIpc) is 3.25. The molecule has 3 heteroatoms. The minimum Gasteiger partial charge on any atom is -0.454 e. The second kappa shape index (κ2) is 5.41. The van der Waals surface area contributed by atoms with Gasteiger partial charge in [-0.2, -0.15) is 0 Å². The molecule has 3 nitrogen and oxygen atoms in total. The summed E-state index contributed by atoms with van der Waals surface area (Å²) < 4.78 is 11.0. The van der Waals surface area contributed by atoms with Crippen LogP contribution in [-0.2, 0) is 6.54 Å². The predicted octanol–water partition coefficient (Wildman–Crippen LogP) is 3.66. The van der Waals surface area contributed by atoms with Gasteiger partial charge in [-0.25, -0.2) is 0 Å². The maximum absolute atomic E-state index is 5.58. The van der Waals surface area contributed by atoms with Gasteiger partial charge in [0.2, 0.25) is 6.79 Å². The summed E-state index contributed by atoms with van der Waals surface area (Å²) in [5, 5.41) is 3.71. The van der Waals surface area contributed by atoms with Crippen LogP contribution in [0.4, 0.5) is 0 Å². The van der Waals surface area contributed by atoms with Gasteiger partial charge in [0.05, 0.1) is 0 Å². The van der Waals surface area contributed by atoms with E-state index in [1.165, 1.54) is 24.0 Å². The maximum atomic E-state index is 5.58. The fourth-order valence-corrected chi connectivity index (χ4v) is 3.00. The lowest BCUT2D eigenvalue weighted by molar-refractivity contribution is 0.173. The van der Waals surface area contributed by atoms with E-state index in [0.717, 1.165) is 24.0 Å². The van der Waals surface area contributed by atoms with Crippen LogP contribution in [0.15, 0.2) is 48.5 Å². The van der Waals surface area contributed by atoms with Crippen molar-refractivity contribution in [3.8, 4) is 11.5 Å². The number of para-hydroxylation sites is 1. The molecule has 1 aliphatic heterocycles. The monoisotopic (exact) mass is 281 g/mol. The van der Waals surface area contributed by atoms with Crippen LogP contribution >= 0.6 is 0 Å². The minimum atomic E-state index is 0.330. The highest BCUT2D eigenvalue weighted by Crippen LogP contribution is 2.42. The van der Waals surface area contributed by atoms with Crippen molar-refractivity contribution in [3.63, 3.8) is 0 Å². The zero-order chi connectivity index (χ0) is 14.1. The molecule has 4 rings (SSSR count). The van der Waals surface area contributed by atoms with Crippen molar-refractivity contribution in [1.82, 2.24) is 5.32 Å². The second-order valence-corrected chi connectivity index (χ2v) is 5.76. The molecule has 0 saturated heterocycles. The van der Waals surface area contributed by atoms with Crippen LogP contribution < -0.4 is 14.8 Å². The van der Waals surface area contributed by atoms with Crippen molar-refractivity contribution in [2.75, 3.05) is 6.79 Å². The molecule has 0 amide bonds. The number of nitrogens with one attached hydrogen (secondary N) is 1. The highest BCUT2D eigenvalue weighted by molar-refractivity contribution is 5.48. The standard InChI is InChI=1S/C18H19NO2/c1-2-5-13(6-3-1)17(14-9-10-14)19-11-15-7-4-8-16-18(15)21-12-20-16/h1-8,14,17,19H,9-12H2.